The fourth-order valence-electron chi connectivity index (χ4n) is 0. The van der Waals surface area contributed by atoms with Crippen LogP contribution in [-0.2, 0) is 0 Å². The monoisotopic (exact) mass is 133 g/mol. The van der Waals surface area contributed by atoms with Gasteiger partial charge in [0.2, 0.25) is 0 Å². The van der Waals surface area contributed by atoms with Crippen LogP contribution >= 0.6 is 22.2 Å². The van der Waals surface area contributed by atoms with Crippen LogP contribution in [0.15, 0.2) is 0 Å². The number of hydrogen-bond donors (Lipinski definition) is 0. The molecule has 0 aromatic heterocycles. The summed E-state index contributed by atoms with van der Waals surface area (Å²) >= 11 is 10.3. The lowest BCUT2D eigenvalue weighted by Gasteiger charge is -1.66. The van der Waals surface area contributed by atoms with Crippen molar-refractivity contribution in [3.05, 3.63) is 0 Å². The fraction of sp³-hybridized carbons (Fsp3) is 1.00. The van der Waals surface area contributed by atoms with Crippen LogP contribution in [0.4, 0.5) is 4.70 Å². The lowest BCUT2D eigenvalue weighted by atomic mass is 11.9. The molecule has 5 heavy (non-hydrogen) atoms. The Balaban J connectivity index is 0. The summed E-state index contributed by atoms with van der Waals surface area (Å²) in [5.41, 5.74) is 0. The molecule has 0 saturated heterocycles. The van der Waals surface area contributed by atoms with Crippen LogP contribution in [-0.4, -0.2) is 7.42 Å². The second-order valence-corrected chi connectivity index (χ2v) is 5.33. The summed E-state index contributed by atoms with van der Waals surface area (Å²) in [5, 5.41) is 0. The Morgan fingerprint density at radius 2 is 1.40 bits per heavy atom. The molecule has 0 fully saturated rings. The molecule has 0 saturated carbocycles. The maximum atomic E-state index is 5.14. The average molecular weight is 134 g/mol. The Kier molecular flexibility index (Phi) is 8.71. The van der Waals surface area contributed by atoms with E-state index in [0.717, 1.165) is 0 Å². The van der Waals surface area contributed by atoms with E-state index in [2.05, 4.69) is 0 Å². The van der Waals surface area contributed by atoms with Crippen LogP contribution in [0.5, 0.6) is 0 Å². The van der Waals surface area contributed by atoms with Crippen LogP contribution in [0.3, 0.4) is 0 Å². The van der Waals surface area contributed by atoms with E-state index < -0.39 is 7.42 Å². The van der Waals surface area contributed by atoms with E-state index in [0.29, 0.717) is 0 Å². The molecule has 0 unspecified atom stereocenters. The highest BCUT2D eigenvalue weighted by atomic mass is 35.7. The maximum Gasteiger partial charge on any atom is 0.270 e. The minimum atomic E-state index is -0.935. The number of rotatable bonds is 0. The third kappa shape index (κ3) is 66.5. The highest BCUT2D eigenvalue weighted by Crippen LogP contribution is 1.89. The molecule has 0 N–H and O–H groups in total. The summed E-state index contributed by atoms with van der Waals surface area (Å²) in [7, 11) is -0.935. The molecule has 0 aliphatic carbocycles. The van der Waals surface area contributed by atoms with Gasteiger partial charge in [-0.05, 0) is 6.55 Å². The van der Waals surface area contributed by atoms with E-state index in [4.69, 9.17) is 22.2 Å². The van der Waals surface area contributed by atoms with Crippen molar-refractivity contribution in [3.63, 3.8) is 0 Å². The molecule has 0 rings (SSSR count). The Morgan fingerprint density at radius 3 is 1.40 bits per heavy atom. The van der Waals surface area contributed by atoms with Gasteiger partial charge in [-0.25, -0.2) is 0 Å². The number of halogens is 3. The summed E-state index contributed by atoms with van der Waals surface area (Å²) in [6, 6.07) is 0. The summed E-state index contributed by atoms with van der Waals surface area (Å²) in [6.45, 7) is 1.80. The van der Waals surface area contributed by atoms with Crippen molar-refractivity contribution < 1.29 is 4.70 Å². The van der Waals surface area contributed by atoms with Crippen molar-refractivity contribution in [1.82, 2.24) is 0 Å². The van der Waals surface area contributed by atoms with Crippen molar-refractivity contribution in [2.45, 2.75) is 6.55 Å². The van der Waals surface area contributed by atoms with E-state index in [9.17, 15) is 0 Å². The first-order chi connectivity index (χ1) is 1.73. The maximum absolute atomic E-state index is 5.14. The smallest absolute Gasteiger partial charge is 0.269 e. The molecule has 0 aliphatic rings. The fourth-order valence-corrected chi connectivity index (χ4v) is 0. The topological polar surface area (TPSA) is 0 Å². The Labute approximate surface area is 41.5 Å². The van der Waals surface area contributed by atoms with E-state index in [1.807, 2.05) is 0 Å². The molecule has 0 nitrogen and oxygen atoms in total. The van der Waals surface area contributed by atoms with Gasteiger partial charge < -0.3 is 0 Å². The minimum Gasteiger partial charge on any atom is -0.269 e. The Bertz CT molecular complexity index is 14.4. The predicted molar refractivity (Wildman–Crippen MR) is 25.8 cm³/mol. The van der Waals surface area contributed by atoms with Crippen molar-refractivity contribution in [1.29, 1.82) is 0 Å². The molecule has 0 aliphatic heterocycles. The van der Waals surface area contributed by atoms with E-state index in [-0.39, 0.29) is 4.70 Å². The summed E-state index contributed by atoms with van der Waals surface area (Å²) in [6.07, 6.45) is 0. The molecular formula is CH4Cl2FSi. The van der Waals surface area contributed by atoms with Gasteiger partial charge in [0.05, 0.1) is 0 Å². The average Bonchev–Trinajstić information content (AvgIpc) is 0.811. The van der Waals surface area contributed by atoms with Gasteiger partial charge in [-0.1, -0.05) is 0 Å². The summed E-state index contributed by atoms with van der Waals surface area (Å²) in [4.78, 5) is 0. The van der Waals surface area contributed by atoms with Crippen LogP contribution in [0, 0.1) is 0 Å². The van der Waals surface area contributed by atoms with E-state index >= 15 is 0 Å². The van der Waals surface area contributed by atoms with Gasteiger partial charge in [-0.15, -0.1) is 22.2 Å². The summed E-state index contributed by atoms with van der Waals surface area (Å²) < 4.78 is 0. The van der Waals surface area contributed by atoms with Gasteiger partial charge >= 0.3 is 0 Å². The van der Waals surface area contributed by atoms with Gasteiger partial charge in [-0.3, -0.25) is 4.70 Å². The molecule has 0 aromatic rings. The van der Waals surface area contributed by atoms with Gasteiger partial charge in [-0.2, -0.15) is 0 Å². The molecule has 0 aromatic carbocycles. The predicted octanol–water partition coefficient (Wildman–Crippen LogP) is 1.73. The van der Waals surface area contributed by atoms with E-state index in [1.54, 1.807) is 6.55 Å². The molecule has 1 radical (unpaired) electrons. The first kappa shape index (κ1) is 9.21. The third-order valence-corrected chi connectivity index (χ3v) is 0. The highest BCUT2D eigenvalue weighted by Gasteiger charge is 1.82. The van der Waals surface area contributed by atoms with Crippen LogP contribution in [0.25, 0.3) is 0 Å². The molecule has 0 heterocycles. The standard InChI is InChI=1S/CH3Cl2Si.FH/c1-4(2)3;/h1H3;1H. The second-order valence-electron chi connectivity index (χ2n) is 0.449. The first-order valence-electron chi connectivity index (χ1n) is 0.878. The molecule has 0 atom stereocenters. The molecule has 0 spiro atoms. The summed E-state index contributed by atoms with van der Waals surface area (Å²) in [5.74, 6) is 0. The molecule has 0 bridgehead atoms. The number of hydrogen-bond acceptors (Lipinski definition) is 0. The molecule has 0 amide bonds. The molecule has 33 valence electrons. The quantitative estimate of drug-likeness (QED) is 0.349. The van der Waals surface area contributed by atoms with Gasteiger partial charge in [0, 0.05) is 0 Å². The molecule has 4 heteroatoms. The zero-order chi connectivity index (χ0) is 3.58. The van der Waals surface area contributed by atoms with E-state index in [1.165, 1.54) is 0 Å². The van der Waals surface area contributed by atoms with Gasteiger partial charge in [0.1, 0.15) is 0 Å². The van der Waals surface area contributed by atoms with Crippen LogP contribution in [0.1, 0.15) is 0 Å². The largest absolute Gasteiger partial charge is 0.270 e. The van der Waals surface area contributed by atoms with Crippen molar-refractivity contribution in [2.75, 3.05) is 0 Å². The SMILES string of the molecule is C[Si](Cl)Cl.F. The van der Waals surface area contributed by atoms with Crippen molar-refractivity contribution in [3.8, 4) is 0 Å². The first-order valence-corrected chi connectivity index (χ1v) is 4.90. The zero-order valence-electron chi connectivity index (χ0n) is 2.66. The Hall–Kier alpha value is 0.727. The van der Waals surface area contributed by atoms with Crippen molar-refractivity contribution in [2.24, 2.45) is 0 Å². The normalized spacial score (nSPS) is 7.20. The van der Waals surface area contributed by atoms with Crippen LogP contribution < -0.4 is 0 Å². The lowest BCUT2D eigenvalue weighted by Crippen LogP contribution is -1.72. The highest BCUT2D eigenvalue weighted by molar-refractivity contribution is 7.33. The van der Waals surface area contributed by atoms with Gasteiger partial charge in [0.25, 0.3) is 7.42 Å². The third-order valence-electron chi connectivity index (χ3n) is 0. The lowest BCUT2D eigenvalue weighted by molar-refractivity contribution is 1.11. The Morgan fingerprint density at radius 1 is 1.40 bits per heavy atom. The van der Waals surface area contributed by atoms with Crippen LogP contribution in [0.2, 0.25) is 6.55 Å². The minimum absolute atomic E-state index is 0. The second kappa shape index (κ2) is 4.73. The van der Waals surface area contributed by atoms with Crippen molar-refractivity contribution >= 4 is 29.6 Å². The zero-order valence-corrected chi connectivity index (χ0v) is 5.18. The molecular weight excluding hydrogens is 130 g/mol. The van der Waals surface area contributed by atoms with Gasteiger partial charge in [0.15, 0.2) is 0 Å².